The fourth-order valence-electron chi connectivity index (χ4n) is 14.2. The molecule has 12 aromatic rings. The minimum absolute atomic E-state index is 0.360. The van der Waals surface area contributed by atoms with E-state index in [2.05, 4.69) is 272 Å². The number of hydrogen-bond donors (Lipinski definition) is 0. The number of hydrogen-bond acceptors (Lipinski definition) is 2. The van der Waals surface area contributed by atoms with Crippen LogP contribution in [0.4, 0.5) is 34.1 Å². The first-order chi connectivity index (χ1) is 44.5. The summed E-state index contributed by atoms with van der Waals surface area (Å²) in [7, 11) is 0. The molecule has 0 fully saturated rings. The second kappa shape index (κ2) is 22.7. The maximum absolute atomic E-state index is 6.51. The van der Waals surface area contributed by atoms with Crippen molar-refractivity contribution in [3.05, 3.63) is 322 Å². The van der Waals surface area contributed by atoms with Gasteiger partial charge in [-0.05, 0) is 223 Å². The maximum atomic E-state index is 6.51. The Balaban J connectivity index is 1.03. The molecule has 0 spiro atoms. The van der Waals surface area contributed by atoms with E-state index in [1.54, 1.807) is 0 Å². The van der Waals surface area contributed by atoms with E-state index in [1.165, 1.54) is 44.5 Å². The number of anilines is 6. The van der Waals surface area contributed by atoms with Crippen LogP contribution in [-0.2, 0) is 10.8 Å². The number of rotatable bonds is 11. The third-order valence-electron chi connectivity index (χ3n) is 18.6. The van der Waals surface area contributed by atoms with Gasteiger partial charge >= 0.3 is 0 Å². The van der Waals surface area contributed by atoms with Gasteiger partial charge in [0.1, 0.15) is 0 Å². The van der Waals surface area contributed by atoms with Crippen molar-refractivity contribution in [2.75, 3.05) is 9.80 Å². The van der Waals surface area contributed by atoms with Gasteiger partial charge in [-0.15, -0.1) is 38.5 Å². The van der Waals surface area contributed by atoms with Gasteiger partial charge in [0.25, 0.3) is 0 Å². The summed E-state index contributed by atoms with van der Waals surface area (Å²) >= 11 is 0. The topological polar surface area (TPSA) is 6.48 Å². The molecule has 14 rings (SSSR count). The van der Waals surface area contributed by atoms with Crippen LogP contribution in [0.25, 0.3) is 66.8 Å². The molecule has 2 aliphatic carbocycles. The molecule has 2 nitrogen and oxygen atoms in total. The van der Waals surface area contributed by atoms with E-state index in [0.717, 1.165) is 84.2 Å². The predicted molar refractivity (Wildman–Crippen MR) is 380 cm³/mol. The van der Waals surface area contributed by atoms with Crippen LogP contribution in [0.3, 0.4) is 0 Å². The number of terminal acetylenes is 6. The van der Waals surface area contributed by atoms with Crippen LogP contribution >= 0.6 is 0 Å². The Morgan fingerprint density at radius 2 is 0.604 bits per heavy atom. The molecule has 0 aliphatic heterocycles. The van der Waals surface area contributed by atoms with Crippen molar-refractivity contribution in [3.8, 4) is 141 Å². The summed E-state index contributed by atoms with van der Waals surface area (Å²) in [6.45, 7) is 7.15. The Kier molecular flexibility index (Phi) is 14.1. The molecule has 0 radical (unpaired) electrons. The highest BCUT2D eigenvalue weighted by Gasteiger charge is 2.45. The smallest absolute Gasteiger partial charge is 0.0477 e. The minimum atomic E-state index is -0.736. The first kappa shape index (κ1) is 56.4. The van der Waals surface area contributed by atoms with Crippen LogP contribution in [-0.4, -0.2) is 0 Å². The highest BCUT2D eigenvalue weighted by molar-refractivity contribution is 6.00. The molecule has 0 heterocycles. The van der Waals surface area contributed by atoms with Crippen molar-refractivity contribution in [1.82, 2.24) is 0 Å². The standard InChI is InChI=1S/C89H58N2/c1-10-59-32-29-45-73(70(59)13-4)79-56-81(75-47-31-34-61(12-3)72(75)15-6)80(74-46-30-33-60(11-2)71(74)14-5)55-78(79)62-35-28-36-63(52-62)89(9)86-54-69(91(66-41-24-18-25-42-66)67-43-26-19-27-44-67)49-51-77(86)83-57-85-82(58-87(83)89)76-50-48-68(53-84(76)88(85,7)8)90(64-37-20-16-21-38-64)65-39-22-17-23-40-65/h1-6,16-58H,7-9H3. The summed E-state index contributed by atoms with van der Waals surface area (Å²) in [5.74, 6) is 17.5. The molecule has 2 heteroatoms. The zero-order chi connectivity index (χ0) is 62.5. The summed E-state index contributed by atoms with van der Waals surface area (Å²) < 4.78 is 0. The van der Waals surface area contributed by atoms with Crippen LogP contribution < -0.4 is 9.80 Å². The lowest BCUT2D eigenvalue weighted by Gasteiger charge is -2.31. The van der Waals surface area contributed by atoms with Crippen molar-refractivity contribution in [3.63, 3.8) is 0 Å². The van der Waals surface area contributed by atoms with Gasteiger partial charge in [0.2, 0.25) is 0 Å². The summed E-state index contributed by atoms with van der Waals surface area (Å²) in [4.78, 5) is 4.69. The SMILES string of the molecule is C#Cc1cccc(-c2cc(-c3cccc(C#C)c3C#C)c(-c3cccc(C#C)c3C#C)cc2-c2cccc(C3(C)c4cc(N(c5ccccc5)c5ccccc5)ccc4-c4cc5c(cc43)-c3ccc(N(c4ccccc4)c4ccccc4)cc3C5(C)C)c2)c1C#C. The van der Waals surface area contributed by atoms with Gasteiger partial charge in [0.15, 0.2) is 0 Å². The van der Waals surface area contributed by atoms with Crippen LogP contribution in [0.1, 0.15) is 82.0 Å². The summed E-state index contributed by atoms with van der Waals surface area (Å²) in [6, 6.07) is 92.3. The molecule has 0 saturated heterocycles. The second-order valence-corrected chi connectivity index (χ2v) is 23.7. The quantitative estimate of drug-likeness (QED) is 0.119. The van der Waals surface area contributed by atoms with Crippen LogP contribution in [0, 0.1) is 74.1 Å². The summed E-state index contributed by atoms with van der Waals surface area (Å²) in [5.41, 5.74) is 26.2. The first-order valence-corrected chi connectivity index (χ1v) is 30.3. The van der Waals surface area contributed by atoms with Crippen LogP contribution in [0.15, 0.2) is 261 Å². The molecule has 12 aromatic carbocycles. The van der Waals surface area contributed by atoms with Crippen LogP contribution in [0.2, 0.25) is 0 Å². The Morgan fingerprint density at radius 3 is 1.03 bits per heavy atom. The average molecular weight is 1160 g/mol. The lowest BCUT2D eigenvalue weighted by atomic mass is 9.72. The molecule has 1 atom stereocenters. The molecular weight excluding hydrogens is 1100 g/mol. The molecule has 0 N–H and O–H groups in total. The van der Waals surface area contributed by atoms with Crippen molar-refractivity contribution >= 4 is 34.1 Å². The number of benzene rings is 12. The van der Waals surface area contributed by atoms with Gasteiger partial charge in [-0.3, -0.25) is 0 Å². The summed E-state index contributed by atoms with van der Waals surface area (Å²) in [5, 5.41) is 0. The van der Waals surface area contributed by atoms with E-state index in [4.69, 9.17) is 38.5 Å². The molecule has 2 aliphatic rings. The second-order valence-electron chi connectivity index (χ2n) is 23.7. The highest BCUT2D eigenvalue weighted by Crippen LogP contribution is 2.60. The third-order valence-corrected chi connectivity index (χ3v) is 18.6. The van der Waals surface area contributed by atoms with Crippen molar-refractivity contribution in [2.24, 2.45) is 0 Å². The van der Waals surface area contributed by atoms with E-state index in [1.807, 2.05) is 54.6 Å². The highest BCUT2D eigenvalue weighted by atomic mass is 15.1. The van der Waals surface area contributed by atoms with E-state index < -0.39 is 5.41 Å². The molecule has 0 aromatic heterocycles. The lowest BCUT2D eigenvalue weighted by Crippen LogP contribution is -2.23. The zero-order valence-corrected chi connectivity index (χ0v) is 50.7. The number of nitrogens with zero attached hydrogens (tertiary/aromatic N) is 2. The third kappa shape index (κ3) is 9.20. The first-order valence-electron chi connectivity index (χ1n) is 30.3. The molecular formula is C89H58N2. The molecule has 1 unspecified atom stereocenters. The number of para-hydroxylation sites is 4. The van der Waals surface area contributed by atoms with E-state index >= 15 is 0 Å². The molecule has 91 heavy (non-hydrogen) atoms. The van der Waals surface area contributed by atoms with Gasteiger partial charge in [-0.25, -0.2) is 0 Å². The molecule has 0 bridgehead atoms. The Morgan fingerprint density at radius 1 is 0.253 bits per heavy atom. The number of fused-ring (bicyclic) bond motifs is 6. The fourth-order valence-corrected chi connectivity index (χ4v) is 14.2. The Bertz CT molecular complexity index is 5140. The molecule has 0 amide bonds. The zero-order valence-electron chi connectivity index (χ0n) is 50.7. The normalized spacial score (nSPS) is 13.5. The average Bonchev–Trinajstić information content (AvgIpc) is 1.56. The fraction of sp³-hybridized carbons (Fsp3) is 0.0562. The Labute approximate surface area is 535 Å². The van der Waals surface area contributed by atoms with Crippen molar-refractivity contribution < 1.29 is 0 Å². The van der Waals surface area contributed by atoms with Gasteiger partial charge in [0, 0.05) is 78.3 Å². The van der Waals surface area contributed by atoms with Crippen molar-refractivity contribution in [1.29, 1.82) is 0 Å². The minimum Gasteiger partial charge on any atom is -0.310 e. The van der Waals surface area contributed by atoms with E-state index in [-0.39, 0.29) is 5.41 Å². The van der Waals surface area contributed by atoms with E-state index in [0.29, 0.717) is 33.4 Å². The summed E-state index contributed by atoms with van der Waals surface area (Å²) in [6.07, 6.45) is 38.0. The van der Waals surface area contributed by atoms with Crippen molar-refractivity contribution in [2.45, 2.75) is 31.6 Å². The van der Waals surface area contributed by atoms with Gasteiger partial charge in [0.05, 0.1) is 0 Å². The van der Waals surface area contributed by atoms with Gasteiger partial charge < -0.3 is 9.80 Å². The Hall–Kier alpha value is -12.4. The maximum Gasteiger partial charge on any atom is 0.0477 e. The monoisotopic (exact) mass is 1150 g/mol. The van der Waals surface area contributed by atoms with Gasteiger partial charge in [-0.1, -0.05) is 189 Å². The van der Waals surface area contributed by atoms with E-state index in [9.17, 15) is 0 Å². The largest absolute Gasteiger partial charge is 0.310 e. The van der Waals surface area contributed by atoms with Gasteiger partial charge in [-0.2, -0.15) is 0 Å². The lowest BCUT2D eigenvalue weighted by molar-refractivity contribution is 0.659. The predicted octanol–water partition coefficient (Wildman–Crippen LogP) is 20.8. The van der Waals surface area contributed by atoms with Crippen LogP contribution in [0.5, 0.6) is 0 Å². The molecule has 0 saturated carbocycles. The molecule has 424 valence electrons.